The Bertz CT molecular complexity index is 614. The van der Waals surface area contributed by atoms with Crippen molar-refractivity contribution in [1.29, 1.82) is 5.26 Å². The van der Waals surface area contributed by atoms with Gasteiger partial charge in [-0.3, -0.25) is 4.79 Å². The molecular formula is C21H29NO. The summed E-state index contributed by atoms with van der Waals surface area (Å²) in [5, 5.41) is 9.58. The molecule has 0 N–H and O–H groups in total. The lowest BCUT2D eigenvalue weighted by Gasteiger charge is -2.59. The number of rotatable bonds is 0. The van der Waals surface area contributed by atoms with Crippen LogP contribution in [0.5, 0.6) is 0 Å². The second kappa shape index (κ2) is 4.95. The molecule has 0 aliphatic heterocycles. The first-order chi connectivity index (χ1) is 10.9. The monoisotopic (exact) mass is 311 g/mol. The van der Waals surface area contributed by atoms with Crippen LogP contribution in [0.3, 0.4) is 0 Å². The van der Waals surface area contributed by atoms with Gasteiger partial charge in [0.15, 0.2) is 5.78 Å². The Balaban J connectivity index is 1.71. The summed E-state index contributed by atoms with van der Waals surface area (Å²) in [6.07, 6.45) is 9.89. The van der Waals surface area contributed by atoms with Crippen LogP contribution in [0.4, 0.5) is 0 Å². The fourth-order valence-electron chi connectivity index (χ4n) is 7.15. The van der Waals surface area contributed by atoms with E-state index in [4.69, 9.17) is 0 Å². The molecule has 0 bridgehead atoms. The molecular weight excluding hydrogens is 282 g/mol. The molecule has 0 amide bonds. The standard InChI is InChI=1S/C21H29NO/c1-13-10-16(23)11-14-4-6-17-18-7-5-15(12-22)20(18,2)9-8-19(17)21(13,14)3/h11,13,15,17-19H,4-10H2,1-3H3/t13-,15?,17?,18?,19?,20?,21?/m0/s1. The van der Waals surface area contributed by atoms with Crippen LogP contribution in [-0.2, 0) is 4.79 Å². The summed E-state index contributed by atoms with van der Waals surface area (Å²) < 4.78 is 0. The van der Waals surface area contributed by atoms with Gasteiger partial charge in [-0.1, -0.05) is 26.3 Å². The van der Waals surface area contributed by atoms with Crippen molar-refractivity contribution in [2.45, 2.75) is 65.7 Å². The Kier molecular flexibility index (Phi) is 3.32. The molecule has 4 aliphatic rings. The van der Waals surface area contributed by atoms with Gasteiger partial charge in [0.05, 0.1) is 12.0 Å². The fraction of sp³-hybridized carbons (Fsp3) is 0.810. The van der Waals surface area contributed by atoms with Gasteiger partial charge >= 0.3 is 0 Å². The quantitative estimate of drug-likeness (QED) is 0.638. The molecule has 2 heteroatoms. The molecule has 0 heterocycles. The summed E-state index contributed by atoms with van der Waals surface area (Å²) in [4.78, 5) is 12.0. The summed E-state index contributed by atoms with van der Waals surface area (Å²) >= 11 is 0. The minimum atomic E-state index is 0.225. The lowest BCUT2D eigenvalue weighted by molar-refractivity contribution is -0.120. The molecule has 0 radical (unpaired) electrons. The SMILES string of the molecule is C[C@H]1CC(=O)C=C2CCC3C4CCC(C#N)C4(C)CCC3C21C. The Labute approximate surface area is 140 Å². The maximum atomic E-state index is 12.0. The highest BCUT2D eigenvalue weighted by atomic mass is 16.1. The van der Waals surface area contributed by atoms with Crippen LogP contribution in [0.25, 0.3) is 0 Å². The highest BCUT2D eigenvalue weighted by molar-refractivity contribution is 5.92. The first-order valence-corrected chi connectivity index (χ1v) is 9.54. The van der Waals surface area contributed by atoms with Crippen LogP contribution in [0, 0.1) is 51.8 Å². The summed E-state index contributed by atoms with van der Waals surface area (Å²) in [5.74, 6) is 3.30. The van der Waals surface area contributed by atoms with Crippen LogP contribution in [0.2, 0.25) is 0 Å². The highest BCUT2D eigenvalue weighted by Crippen LogP contribution is 2.67. The first-order valence-electron chi connectivity index (χ1n) is 9.54. The van der Waals surface area contributed by atoms with Crippen molar-refractivity contribution in [3.05, 3.63) is 11.6 Å². The number of hydrogen-bond acceptors (Lipinski definition) is 2. The van der Waals surface area contributed by atoms with Crippen molar-refractivity contribution in [3.8, 4) is 6.07 Å². The van der Waals surface area contributed by atoms with Crippen molar-refractivity contribution < 1.29 is 4.79 Å². The number of allylic oxidation sites excluding steroid dienone is 1. The van der Waals surface area contributed by atoms with Crippen LogP contribution >= 0.6 is 0 Å². The third-order valence-electron chi connectivity index (χ3n) is 8.67. The summed E-state index contributed by atoms with van der Waals surface area (Å²) in [6, 6.07) is 2.62. The first kappa shape index (κ1) is 15.4. The van der Waals surface area contributed by atoms with Crippen molar-refractivity contribution in [3.63, 3.8) is 0 Å². The van der Waals surface area contributed by atoms with E-state index in [9.17, 15) is 10.1 Å². The van der Waals surface area contributed by atoms with E-state index < -0.39 is 0 Å². The van der Waals surface area contributed by atoms with Crippen LogP contribution < -0.4 is 0 Å². The van der Waals surface area contributed by atoms with E-state index in [1.165, 1.54) is 31.3 Å². The summed E-state index contributed by atoms with van der Waals surface area (Å²) in [6.45, 7) is 7.15. The third-order valence-corrected chi connectivity index (χ3v) is 8.67. The van der Waals surface area contributed by atoms with E-state index in [1.54, 1.807) is 0 Å². The van der Waals surface area contributed by atoms with Crippen LogP contribution in [-0.4, -0.2) is 5.78 Å². The predicted molar refractivity (Wildman–Crippen MR) is 90.4 cm³/mol. The van der Waals surface area contributed by atoms with Gasteiger partial charge in [-0.15, -0.1) is 0 Å². The van der Waals surface area contributed by atoms with Crippen LogP contribution in [0.15, 0.2) is 11.6 Å². The van der Waals surface area contributed by atoms with E-state index in [1.807, 2.05) is 6.08 Å². The van der Waals surface area contributed by atoms with Gasteiger partial charge in [-0.05, 0) is 79.1 Å². The van der Waals surface area contributed by atoms with Crippen molar-refractivity contribution in [1.82, 2.24) is 0 Å². The van der Waals surface area contributed by atoms with Gasteiger partial charge < -0.3 is 0 Å². The van der Waals surface area contributed by atoms with Gasteiger partial charge in [0.25, 0.3) is 0 Å². The van der Waals surface area contributed by atoms with Gasteiger partial charge in [0, 0.05) is 6.42 Å². The van der Waals surface area contributed by atoms with E-state index in [2.05, 4.69) is 26.8 Å². The Hall–Kier alpha value is -1.10. The molecule has 23 heavy (non-hydrogen) atoms. The second-order valence-electron chi connectivity index (χ2n) is 9.24. The Morgan fingerprint density at radius 3 is 2.70 bits per heavy atom. The smallest absolute Gasteiger partial charge is 0.155 e. The molecule has 6 unspecified atom stereocenters. The largest absolute Gasteiger partial charge is 0.295 e. The molecule has 7 atom stereocenters. The van der Waals surface area contributed by atoms with Crippen molar-refractivity contribution >= 4 is 5.78 Å². The maximum Gasteiger partial charge on any atom is 0.155 e. The number of ketones is 1. The van der Waals surface area contributed by atoms with E-state index in [0.717, 1.165) is 37.0 Å². The number of nitriles is 1. The normalized spacial score (nSPS) is 52.0. The Morgan fingerprint density at radius 2 is 1.96 bits per heavy atom. The zero-order valence-corrected chi connectivity index (χ0v) is 14.8. The van der Waals surface area contributed by atoms with Gasteiger partial charge in [0.2, 0.25) is 0 Å². The van der Waals surface area contributed by atoms with Gasteiger partial charge in [0.1, 0.15) is 0 Å². The number of hydrogen-bond donors (Lipinski definition) is 0. The Morgan fingerprint density at radius 1 is 1.17 bits per heavy atom. The molecule has 0 aromatic rings. The molecule has 0 aromatic heterocycles. The minimum absolute atomic E-state index is 0.225. The molecule has 3 saturated carbocycles. The van der Waals surface area contributed by atoms with Gasteiger partial charge in [-0.25, -0.2) is 0 Å². The lowest BCUT2D eigenvalue weighted by Crippen LogP contribution is -2.52. The zero-order chi connectivity index (χ0) is 16.4. The topological polar surface area (TPSA) is 40.9 Å². The number of fused-ring (bicyclic) bond motifs is 5. The summed E-state index contributed by atoms with van der Waals surface area (Å²) in [5.41, 5.74) is 1.92. The molecule has 0 aromatic carbocycles. The second-order valence-corrected chi connectivity index (χ2v) is 9.24. The molecule has 0 spiro atoms. The zero-order valence-electron chi connectivity index (χ0n) is 14.8. The summed E-state index contributed by atoms with van der Waals surface area (Å²) in [7, 11) is 0. The maximum absolute atomic E-state index is 12.0. The van der Waals surface area contributed by atoms with Crippen LogP contribution in [0.1, 0.15) is 65.7 Å². The predicted octanol–water partition coefficient (Wildman–Crippen LogP) is 4.90. The molecule has 2 nitrogen and oxygen atoms in total. The lowest BCUT2D eigenvalue weighted by atomic mass is 9.45. The average molecular weight is 311 g/mol. The minimum Gasteiger partial charge on any atom is -0.295 e. The number of nitrogens with zero attached hydrogens (tertiary/aromatic N) is 1. The third kappa shape index (κ3) is 1.89. The van der Waals surface area contributed by atoms with Crippen molar-refractivity contribution in [2.24, 2.45) is 40.4 Å². The molecule has 0 saturated heterocycles. The molecule has 4 rings (SSSR count). The molecule has 124 valence electrons. The number of carbonyl (C=O) groups is 1. The van der Waals surface area contributed by atoms with E-state index >= 15 is 0 Å². The molecule has 3 fully saturated rings. The van der Waals surface area contributed by atoms with E-state index in [-0.39, 0.29) is 16.7 Å². The fourth-order valence-corrected chi connectivity index (χ4v) is 7.15. The number of carbonyl (C=O) groups excluding carboxylic acids is 1. The van der Waals surface area contributed by atoms with Crippen molar-refractivity contribution in [2.75, 3.05) is 0 Å². The molecule has 4 aliphatic carbocycles. The average Bonchev–Trinajstić information content (AvgIpc) is 2.85. The van der Waals surface area contributed by atoms with E-state index in [0.29, 0.717) is 11.7 Å². The van der Waals surface area contributed by atoms with Gasteiger partial charge in [-0.2, -0.15) is 5.26 Å². The highest BCUT2D eigenvalue weighted by Gasteiger charge is 2.60.